The molecule has 0 atom stereocenters. The van der Waals surface area contributed by atoms with Gasteiger partial charge in [-0.2, -0.15) is 0 Å². The van der Waals surface area contributed by atoms with Crippen molar-refractivity contribution >= 4 is 46.1 Å². The lowest BCUT2D eigenvalue weighted by Gasteiger charge is -2.17. The lowest BCUT2D eigenvalue weighted by atomic mass is 10.2. The molecule has 0 N–H and O–H groups in total. The number of carbonyl (C=O) groups excluding carboxylic acids is 3. The zero-order valence-electron chi connectivity index (χ0n) is 10.2. The van der Waals surface area contributed by atoms with E-state index in [1.165, 1.54) is 18.2 Å². The Labute approximate surface area is 123 Å². The molecular formula is C13H9INO4-. The molecular weight excluding hydrogens is 361 g/mol. The number of imide groups is 1. The summed E-state index contributed by atoms with van der Waals surface area (Å²) in [5.41, 5.74) is 1.21. The molecule has 0 aliphatic carbocycles. The van der Waals surface area contributed by atoms with E-state index < -0.39 is 5.97 Å². The summed E-state index contributed by atoms with van der Waals surface area (Å²) < 4.78 is 0.503. The molecule has 0 aromatic heterocycles. The summed E-state index contributed by atoms with van der Waals surface area (Å²) in [4.78, 5) is 35.8. The molecule has 0 spiro atoms. The Morgan fingerprint density at radius 1 is 1.16 bits per heavy atom. The van der Waals surface area contributed by atoms with Crippen LogP contribution in [0.5, 0.6) is 0 Å². The number of carboxylic acid groups (broad SMARTS) is 1. The van der Waals surface area contributed by atoms with Crippen LogP contribution in [-0.4, -0.2) is 17.8 Å². The van der Waals surface area contributed by atoms with Gasteiger partial charge >= 0.3 is 0 Å². The average Bonchev–Trinajstić information content (AvgIpc) is 2.55. The van der Waals surface area contributed by atoms with Crippen LogP contribution in [0.15, 0.2) is 29.3 Å². The quantitative estimate of drug-likeness (QED) is 0.572. The highest BCUT2D eigenvalue weighted by atomic mass is 127. The maximum Gasteiger partial charge on any atom is 0.261 e. The molecule has 98 valence electrons. The van der Waals surface area contributed by atoms with Crippen molar-refractivity contribution in [3.63, 3.8) is 0 Å². The molecule has 0 bridgehead atoms. The van der Waals surface area contributed by atoms with Gasteiger partial charge in [-0.25, -0.2) is 4.90 Å². The Morgan fingerprint density at radius 3 is 2.11 bits per heavy atom. The lowest BCUT2D eigenvalue weighted by molar-refractivity contribution is -0.255. The van der Waals surface area contributed by atoms with Crippen molar-refractivity contribution in [3.8, 4) is 0 Å². The number of rotatable bonds is 2. The van der Waals surface area contributed by atoms with Crippen molar-refractivity contribution in [2.75, 3.05) is 4.90 Å². The van der Waals surface area contributed by atoms with Gasteiger partial charge in [-0.05, 0) is 54.1 Å². The first-order valence-corrected chi connectivity index (χ1v) is 6.49. The maximum absolute atomic E-state index is 12.0. The Hall–Kier alpha value is -1.70. The van der Waals surface area contributed by atoms with Crippen LogP contribution in [0.4, 0.5) is 5.69 Å². The van der Waals surface area contributed by atoms with Gasteiger partial charge in [0.05, 0.1) is 11.7 Å². The summed E-state index contributed by atoms with van der Waals surface area (Å²) in [5, 5.41) is 10.7. The molecule has 2 amide bonds. The molecule has 0 radical (unpaired) electrons. The first-order valence-electron chi connectivity index (χ1n) is 5.41. The van der Waals surface area contributed by atoms with Crippen molar-refractivity contribution in [2.24, 2.45) is 0 Å². The summed E-state index contributed by atoms with van der Waals surface area (Å²) >= 11 is 1.89. The highest BCUT2D eigenvalue weighted by Gasteiger charge is 2.35. The molecule has 2 rings (SSSR count). The van der Waals surface area contributed by atoms with Crippen LogP contribution in [0.25, 0.3) is 0 Å². The van der Waals surface area contributed by atoms with Crippen LogP contribution in [0, 0.1) is 3.57 Å². The van der Waals surface area contributed by atoms with Gasteiger partial charge in [0.1, 0.15) is 0 Å². The van der Waals surface area contributed by atoms with Crippen LogP contribution in [0.2, 0.25) is 0 Å². The topological polar surface area (TPSA) is 77.5 Å². The fraction of sp³-hybridized carbons (Fsp3) is 0.154. The fourth-order valence-corrected chi connectivity index (χ4v) is 2.54. The van der Waals surface area contributed by atoms with E-state index >= 15 is 0 Å². The van der Waals surface area contributed by atoms with Crippen LogP contribution in [0.1, 0.15) is 24.2 Å². The third kappa shape index (κ3) is 2.16. The largest absolute Gasteiger partial charge is 0.545 e. The molecule has 19 heavy (non-hydrogen) atoms. The highest BCUT2D eigenvalue weighted by molar-refractivity contribution is 14.1. The molecule has 1 aromatic carbocycles. The first kappa shape index (κ1) is 13.7. The van der Waals surface area contributed by atoms with Gasteiger partial charge in [0.15, 0.2) is 0 Å². The van der Waals surface area contributed by atoms with Crippen LogP contribution in [0.3, 0.4) is 0 Å². The molecule has 1 aliphatic heterocycles. The van der Waals surface area contributed by atoms with E-state index in [2.05, 4.69) is 0 Å². The fourth-order valence-electron chi connectivity index (χ4n) is 1.78. The number of hydrogen-bond donors (Lipinski definition) is 0. The first-order chi connectivity index (χ1) is 8.84. The second-order valence-corrected chi connectivity index (χ2v) is 5.31. The van der Waals surface area contributed by atoms with E-state index in [0.29, 0.717) is 20.4 Å². The van der Waals surface area contributed by atoms with E-state index in [1.807, 2.05) is 22.6 Å². The van der Waals surface area contributed by atoms with E-state index in [1.54, 1.807) is 13.8 Å². The summed E-state index contributed by atoms with van der Waals surface area (Å²) in [6, 6.07) is 4.12. The minimum absolute atomic E-state index is 0.00801. The third-order valence-corrected chi connectivity index (χ3v) is 3.90. The number of benzene rings is 1. The Morgan fingerprint density at radius 2 is 1.68 bits per heavy atom. The monoisotopic (exact) mass is 370 g/mol. The SMILES string of the molecule is CC1=C(C)C(=O)N(c2ccc(C(=O)[O-])cc2I)C1=O. The zero-order valence-corrected chi connectivity index (χ0v) is 12.3. The minimum atomic E-state index is -1.30. The van der Waals surface area contributed by atoms with Gasteiger partial charge in [-0.3, -0.25) is 9.59 Å². The van der Waals surface area contributed by atoms with Gasteiger partial charge in [-0.1, -0.05) is 6.07 Å². The predicted octanol–water partition coefficient (Wildman–Crippen LogP) is 0.864. The van der Waals surface area contributed by atoms with Crippen molar-refractivity contribution in [3.05, 3.63) is 38.5 Å². The van der Waals surface area contributed by atoms with Crippen LogP contribution in [-0.2, 0) is 9.59 Å². The Balaban J connectivity index is 2.48. The number of halogens is 1. The standard InChI is InChI=1S/C13H10INO4/c1-6-7(2)12(17)15(11(6)16)10-4-3-8(13(18)19)5-9(10)14/h3-5H,1-2H3,(H,18,19)/p-1. The van der Waals surface area contributed by atoms with E-state index in [0.717, 1.165) is 4.90 Å². The van der Waals surface area contributed by atoms with Gasteiger partial charge in [0.25, 0.3) is 11.8 Å². The van der Waals surface area contributed by atoms with Gasteiger partial charge in [0, 0.05) is 14.7 Å². The maximum atomic E-state index is 12.0. The van der Waals surface area contributed by atoms with Crippen molar-refractivity contribution in [1.82, 2.24) is 0 Å². The van der Waals surface area contributed by atoms with Crippen LogP contribution >= 0.6 is 22.6 Å². The predicted molar refractivity (Wildman–Crippen MR) is 74.4 cm³/mol. The molecule has 5 nitrogen and oxygen atoms in total. The molecule has 0 saturated heterocycles. The van der Waals surface area contributed by atoms with Crippen molar-refractivity contribution in [1.29, 1.82) is 0 Å². The highest BCUT2D eigenvalue weighted by Crippen LogP contribution is 2.30. The number of hydrogen-bond acceptors (Lipinski definition) is 4. The molecule has 1 aliphatic rings. The van der Waals surface area contributed by atoms with E-state index in [9.17, 15) is 19.5 Å². The van der Waals surface area contributed by atoms with Crippen molar-refractivity contribution < 1.29 is 19.5 Å². The molecule has 0 saturated carbocycles. The summed E-state index contributed by atoms with van der Waals surface area (Å²) in [6.45, 7) is 3.19. The third-order valence-electron chi connectivity index (χ3n) is 3.03. The summed E-state index contributed by atoms with van der Waals surface area (Å²) in [5.74, 6) is -2.04. The number of carboxylic acids is 1. The molecule has 0 unspecified atom stereocenters. The smallest absolute Gasteiger partial charge is 0.261 e. The van der Waals surface area contributed by atoms with E-state index in [4.69, 9.17) is 0 Å². The number of amides is 2. The average molecular weight is 370 g/mol. The second kappa shape index (κ2) is 4.76. The molecule has 1 aromatic rings. The van der Waals surface area contributed by atoms with Gasteiger partial charge < -0.3 is 9.90 Å². The summed E-state index contributed by atoms with van der Waals surface area (Å²) in [7, 11) is 0. The number of anilines is 1. The molecule has 1 heterocycles. The summed E-state index contributed by atoms with van der Waals surface area (Å²) in [6.07, 6.45) is 0. The van der Waals surface area contributed by atoms with Gasteiger partial charge in [0.2, 0.25) is 0 Å². The lowest BCUT2D eigenvalue weighted by Crippen LogP contribution is -2.32. The number of nitrogens with zero attached hydrogens (tertiary/aromatic N) is 1. The second-order valence-electron chi connectivity index (χ2n) is 4.15. The van der Waals surface area contributed by atoms with Gasteiger partial charge in [-0.15, -0.1) is 0 Å². The Kier molecular flexibility index (Phi) is 3.44. The Bertz CT molecular complexity index is 624. The minimum Gasteiger partial charge on any atom is -0.545 e. The van der Waals surface area contributed by atoms with Crippen molar-refractivity contribution in [2.45, 2.75) is 13.8 Å². The zero-order chi connectivity index (χ0) is 14.3. The van der Waals surface area contributed by atoms with Crippen LogP contribution < -0.4 is 10.0 Å². The normalized spacial score (nSPS) is 15.4. The molecule has 0 fully saturated rings. The number of aromatic carboxylic acids is 1. The van der Waals surface area contributed by atoms with E-state index in [-0.39, 0.29) is 17.4 Å². The molecule has 6 heteroatoms. The number of carbonyl (C=O) groups is 3.